The molecule has 712 valence electrons. The number of hydrogen-bond acceptors (Lipinski definition) is 18. The van der Waals surface area contributed by atoms with Crippen LogP contribution < -0.4 is 16.0 Å². The second-order valence-corrected chi connectivity index (χ2v) is 41.2. The predicted octanol–water partition coefficient (Wildman–Crippen LogP) is 22.8. The van der Waals surface area contributed by atoms with Crippen molar-refractivity contribution in [2.75, 3.05) is 19.6 Å². The van der Waals surface area contributed by atoms with Gasteiger partial charge in [0.1, 0.15) is 12.2 Å². The average molecular weight is 1750 g/mol. The molecule has 0 radical (unpaired) electrons. The molecule has 2 heterocycles. The monoisotopic (exact) mass is 1740 g/mol. The first kappa shape index (κ1) is 106. The first-order valence-corrected chi connectivity index (χ1v) is 50.9. The van der Waals surface area contributed by atoms with Gasteiger partial charge < -0.3 is 58.6 Å². The van der Waals surface area contributed by atoms with Crippen LogP contribution in [0.15, 0.2) is 11.6 Å². The molecular weight excluding hydrogens is 1570 g/mol. The van der Waals surface area contributed by atoms with E-state index in [0.29, 0.717) is 38.6 Å². The summed E-state index contributed by atoms with van der Waals surface area (Å²) in [6.45, 7) is 29.5. The van der Waals surface area contributed by atoms with E-state index < -0.39 is 131 Å². The van der Waals surface area contributed by atoms with Crippen LogP contribution in [-0.2, 0) is 85.8 Å². The number of fused-ring (bicyclic) bond motifs is 7. The third-order valence-corrected chi connectivity index (χ3v) is 30.9. The van der Waals surface area contributed by atoms with Crippen LogP contribution in [0.3, 0.4) is 0 Å². The first-order chi connectivity index (χ1) is 59.4. The zero-order valence-corrected chi connectivity index (χ0v) is 80.8. The Kier molecular flexibility index (Phi) is 46.2. The van der Waals surface area contributed by atoms with E-state index in [1.165, 1.54) is 217 Å². The molecule has 5 aliphatic carbocycles. The molecule has 6 fully saturated rings. The van der Waals surface area contributed by atoms with Crippen molar-refractivity contribution in [3.05, 3.63) is 11.6 Å². The van der Waals surface area contributed by atoms with Crippen LogP contribution in [0.1, 0.15) is 451 Å². The van der Waals surface area contributed by atoms with E-state index in [1.54, 1.807) is 0 Å². The predicted molar refractivity (Wildman–Crippen MR) is 488 cm³/mol. The fourth-order valence-electron chi connectivity index (χ4n) is 23.5. The minimum atomic E-state index is -1.83. The Bertz CT molecular complexity index is 3270. The summed E-state index contributed by atoms with van der Waals surface area (Å²) in [7, 11) is 0. The molecule has 0 aromatic rings. The lowest BCUT2D eigenvalue weighted by atomic mass is 9.33. The van der Waals surface area contributed by atoms with Crippen molar-refractivity contribution in [1.82, 2.24) is 16.0 Å². The van der Waals surface area contributed by atoms with Crippen molar-refractivity contribution in [1.29, 1.82) is 0 Å². The van der Waals surface area contributed by atoms with Gasteiger partial charge in [0.05, 0.1) is 6.10 Å². The highest BCUT2D eigenvalue weighted by atomic mass is 16.8. The first-order valence-electron chi connectivity index (χ1n) is 50.9. The maximum Gasteiger partial charge on any atom is 0.305 e. The second kappa shape index (κ2) is 54.0. The summed E-state index contributed by atoms with van der Waals surface area (Å²) >= 11 is 0. The lowest BCUT2D eigenvalue weighted by Gasteiger charge is -2.70. The van der Waals surface area contributed by atoms with Crippen LogP contribution in [0, 0.1) is 50.2 Å². The van der Waals surface area contributed by atoms with Crippen molar-refractivity contribution in [2.45, 2.75) is 518 Å². The fourth-order valence-corrected chi connectivity index (χ4v) is 23.5. The molecular formula is C103H177N3O18. The van der Waals surface area contributed by atoms with Gasteiger partial charge in [-0.15, -0.1) is 0 Å². The van der Waals surface area contributed by atoms with Gasteiger partial charge in [0.25, 0.3) is 11.8 Å². The molecule has 21 heteroatoms. The van der Waals surface area contributed by atoms with E-state index in [9.17, 15) is 28.8 Å². The summed E-state index contributed by atoms with van der Waals surface area (Å²) in [5.74, 6) is -6.07. The highest BCUT2D eigenvalue weighted by Crippen LogP contribution is 2.75. The van der Waals surface area contributed by atoms with Crippen LogP contribution in [0.5, 0.6) is 0 Å². The number of carbonyl (C=O) groups excluding carboxylic acids is 9. The van der Waals surface area contributed by atoms with Gasteiger partial charge >= 0.3 is 29.8 Å². The van der Waals surface area contributed by atoms with E-state index in [1.807, 2.05) is 6.08 Å². The summed E-state index contributed by atoms with van der Waals surface area (Å²) in [4.78, 5) is 129. The molecule has 2 aliphatic heterocycles. The number of rotatable bonds is 60. The normalized spacial score (nSPS) is 30.6. The molecule has 0 aromatic heterocycles. The summed E-state index contributed by atoms with van der Waals surface area (Å²) < 4.78 is 58.2. The summed E-state index contributed by atoms with van der Waals surface area (Å²) in [6, 6.07) is 0. The smallest absolute Gasteiger partial charge is 0.305 e. The molecule has 7 aliphatic rings. The van der Waals surface area contributed by atoms with Gasteiger partial charge in [-0.1, -0.05) is 344 Å². The van der Waals surface area contributed by atoms with E-state index >= 15 is 14.4 Å². The molecule has 3 N–H and O–H groups in total. The largest absolute Gasteiger partial charge is 0.455 e. The topological polar surface area (TPSA) is 273 Å². The molecule has 4 saturated carbocycles. The molecule has 19 atom stereocenters. The quantitative estimate of drug-likeness (QED) is 0.0221. The van der Waals surface area contributed by atoms with Crippen LogP contribution >= 0.6 is 0 Å². The Labute approximate surface area is 750 Å². The second-order valence-electron chi connectivity index (χ2n) is 41.2. The van der Waals surface area contributed by atoms with E-state index in [2.05, 4.69) is 85.2 Å². The Morgan fingerprint density at radius 3 is 1.14 bits per heavy atom. The van der Waals surface area contributed by atoms with Crippen LogP contribution in [0.2, 0.25) is 0 Å². The fraction of sp³-hybridized carbons (Fsp3) is 0.893. The maximum atomic E-state index is 16.0. The number of amides is 3. The molecule has 21 nitrogen and oxygen atoms in total. The van der Waals surface area contributed by atoms with Gasteiger partial charge in [0.15, 0.2) is 42.6 Å². The summed E-state index contributed by atoms with van der Waals surface area (Å²) in [5.41, 5.74) is -1.59. The van der Waals surface area contributed by atoms with Crippen molar-refractivity contribution in [3.8, 4) is 0 Å². The summed E-state index contributed by atoms with van der Waals surface area (Å²) in [5, 5.41) is 9.44. The zero-order chi connectivity index (χ0) is 90.4. The molecule has 7 rings (SSSR count). The van der Waals surface area contributed by atoms with E-state index in [0.717, 1.165) is 137 Å². The molecule has 2 saturated heterocycles. The molecule has 0 bridgehead atoms. The minimum absolute atomic E-state index is 0.0526. The van der Waals surface area contributed by atoms with Gasteiger partial charge in [0.2, 0.25) is 18.3 Å². The zero-order valence-electron chi connectivity index (χ0n) is 80.8. The molecule has 124 heavy (non-hydrogen) atoms. The standard InChI is InChI=1S/C103H177N3O18/c1-16-19-22-25-28-31-34-37-40-43-46-49-52-55-58-69-104-93(113)88-84(116-74(4)107)86(117-75(5)108)91(122-85-87(118-76(6)109)90(119-77(7)110)95(120-78(8)111)123-89(85)94(114)105-70-59-56-53-50-47-44-41-38-35-32-29-26-23-20-17-2)96(124-88)121-83-62-63-101(13)82(98(83,9)10)61-64-103(15)92(101)81(112)72-79-80-73-100(12,66-65-99(80,11)67-68-102(79,103)14)97(115)106-71-60-57-54-51-48-45-42-39-36-33-30-27-24-21-18-3/h72,80,82-92,95-96H,16-71,73H2,1-15H3,(H,104,113)(H,105,114)(H,106,115). The SMILES string of the molecule is CCCCCCCCCCCCCCCCCNC(=O)C1OC(OC2CCC3(C)C(CCC4(C)C3C(=O)C=C3C5CC(C)(C(=O)NCCCCCCCCCCCCCCCCC)CCC5(C)CCC34C)C2(C)C)C(OC2C(C(=O)NCCCCCCCCCCCCCCCCC)OC(OC(C)=O)C(OC(C)=O)C2OC(C)=O)C(OC(C)=O)C1OC(C)=O. The average Bonchev–Trinajstić information content (AvgIpc) is 0.671. The lowest BCUT2D eigenvalue weighted by Crippen LogP contribution is -2.70. The number of ketones is 1. The minimum Gasteiger partial charge on any atom is -0.455 e. The summed E-state index contributed by atoms with van der Waals surface area (Å²) in [6.07, 6.45) is 44.4. The molecule has 0 spiro atoms. The number of hydrogen-bond donors (Lipinski definition) is 3. The number of ether oxygens (including phenoxy) is 9. The van der Waals surface area contributed by atoms with Crippen molar-refractivity contribution in [2.24, 2.45) is 50.2 Å². The number of allylic oxidation sites excluding steroid dienone is 2. The van der Waals surface area contributed by atoms with Crippen LogP contribution in [-0.4, -0.2) is 141 Å². The van der Waals surface area contributed by atoms with Crippen LogP contribution in [0.25, 0.3) is 0 Å². The lowest BCUT2D eigenvalue weighted by molar-refractivity contribution is -0.355. The van der Waals surface area contributed by atoms with Crippen molar-refractivity contribution >= 4 is 53.4 Å². The number of nitrogens with one attached hydrogen (secondary N) is 3. The van der Waals surface area contributed by atoms with Crippen molar-refractivity contribution < 1.29 is 85.8 Å². The number of carbonyl (C=O) groups is 9. The third kappa shape index (κ3) is 31.1. The molecule has 19 unspecified atom stereocenters. The highest BCUT2D eigenvalue weighted by Gasteiger charge is 2.71. The Morgan fingerprint density at radius 1 is 0.371 bits per heavy atom. The maximum absolute atomic E-state index is 16.0. The number of unbranched alkanes of at least 4 members (excludes halogenated alkanes) is 42. The Balaban J connectivity index is 1.13. The van der Waals surface area contributed by atoms with Gasteiger partial charge in [-0.2, -0.15) is 0 Å². The van der Waals surface area contributed by atoms with Gasteiger partial charge in [0, 0.05) is 65.6 Å². The van der Waals surface area contributed by atoms with Gasteiger partial charge in [-0.25, -0.2) is 0 Å². The Hall–Kier alpha value is -4.99. The molecule has 0 aromatic carbocycles. The third-order valence-electron chi connectivity index (χ3n) is 30.9. The highest BCUT2D eigenvalue weighted by molar-refractivity contribution is 5.96. The number of esters is 5. The van der Waals surface area contributed by atoms with Crippen LogP contribution in [0.4, 0.5) is 0 Å². The molecule has 3 amide bonds. The van der Waals surface area contributed by atoms with Gasteiger partial charge in [-0.3, -0.25) is 43.2 Å². The van der Waals surface area contributed by atoms with Gasteiger partial charge in [-0.05, 0) is 122 Å². The Morgan fingerprint density at radius 2 is 0.726 bits per heavy atom. The van der Waals surface area contributed by atoms with Crippen molar-refractivity contribution in [3.63, 3.8) is 0 Å². The van der Waals surface area contributed by atoms with E-state index in [-0.39, 0.29) is 53.4 Å². The van der Waals surface area contributed by atoms with E-state index in [4.69, 9.17) is 42.6 Å².